The van der Waals surface area contributed by atoms with Gasteiger partial charge in [-0.2, -0.15) is 0 Å². The van der Waals surface area contributed by atoms with Gasteiger partial charge in [0.25, 0.3) is 0 Å². The number of benzene rings is 3. The number of carbonyl (C=O) groups excluding carboxylic acids is 2. The molecule has 1 aliphatic heterocycles. The molecule has 3 aromatic rings. The molecule has 4 nitrogen and oxygen atoms in total. The van der Waals surface area contributed by atoms with E-state index >= 15 is 0 Å². The van der Waals surface area contributed by atoms with Crippen LogP contribution in [0.4, 0.5) is 0 Å². The number of fused-ring (bicyclic) bond motifs is 1. The lowest BCUT2D eigenvalue weighted by Crippen LogP contribution is -2.08. The van der Waals surface area contributed by atoms with Crippen molar-refractivity contribution in [2.24, 2.45) is 0 Å². The standard InChI is InChI=1S/C25H19BrO4/c1-3-16-4-6-17(7-5-16)13-22-24(27)23-15(2)12-20(14-21(23)30-22)29-25(28)18-8-10-19(26)11-9-18/h4-14H,3H2,1-2H3/b22-13-. The molecule has 5 heteroatoms. The van der Waals surface area contributed by atoms with Gasteiger partial charge in [-0.15, -0.1) is 0 Å². The van der Waals surface area contributed by atoms with Crippen molar-refractivity contribution in [1.29, 1.82) is 0 Å². The number of esters is 1. The zero-order valence-electron chi connectivity index (χ0n) is 16.6. The first-order valence-corrected chi connectivity index (χ1v) is 10.4. The lowest BCUT2D eigenvalue weighted by molar-refractivity contribution is 0.0734. The monoisotopic (exact) mass is 462 g/mol. The molecule has 0 spiro atoms. The predicted octanol–water partition coefficient (Wildman–Crippen LogP) is 6.16. The Hall–Kier alpha value is -3.18. The number of hydrogen-bond acceptors (Lipinski definition) is 4. The molecule has 0 aliphatic carbocycles. The van der Waals surface area contributed by atoms with E-state index in [0.29, 0.717) is 28.2 Å². The second kappa shape index (κ2) is 8.28. The molecule has 0 radical (unpaired) electrons. The van der Waals surface area contributed by atoms with E-state index in [0.717, 1.165) is 16.5 Å². The maximum Gasteiger partial charge on any atom is 0.343 e. The van der Waals surface area contributed by atoms with Crippen molar-refractivity contribution in [2.75, 3.05) is 0 Å². The number of aryl methyl sites for hydroxylation is 2. The van der Waals surface area contributed by atoms with E-state index in [9.17, 15) is 9.59 Å². The maximum atomic E-state index is 12.8. The molecule has 4 rings (SSSR count). The molecule has 150 valence electrons. The molecule has 1 heterocycles. The quantitative estimate of drug-likeness (QED) is 0.264. The number of allylic oxidation sites excluding steroid dienone is 1. The summed E-state index contributed by atoms with van der Waals surface area (Å²) in [5.74, 6) is 0.343. The minimum Gasteiger partial charge on any atom is -0.452 e. The summed E-state index contributed by atoms with van der Waals surface area (Å²) in [6.07, 6.45) is 2.69. The first-order chi connectivity index (χ1) is 14.4. The lowest BCUT2D eigenvalue weighted by Gasteiger charge is -2.08. The molecule has 0 aromatic heterocycles. The normalized spacial score (nSPS) is 13.8. The maximum absolute atomic E-state index is 12.8. The Labute approximate surface area is 183 Å². The van der Waals surface area contributed by atoms with Crippen molar-refractivity contribution in [1.82, 2.24) is 0 Å². The molecule has 0 bridgehead atoms. The van der Waals surface area contributed by atoms with Gasteiger partial charge in [-0.1, -0.05) is 47.1 Å². The smallest absolute Gasteiger partial charge is 0.343 e. The number of ether oxygens (including phenoxy) is 2. The second-order valence-electron chi connectivity index (χ2n) is 7.04. The van der Waals surface area contributed by atoms with Crippen molar-refractivity contribution < 1.29 is 19.1 Å². The van der Waals surface area contributed by atoms with Gasteiger partial charge in [-0.25, -0.2) is 4.79 Å². The van der Waals surface area contributed by atoms with E-state index in [4.69, 9.17) is 9.47 Å². The Morgan fingerprint density at radius 1 is 1.07 bits per heavy atom. The molecule has 0 saturated carbocycles. The average Bonchev–Trinajstić information content (AvgIpc) is 3.04. The van der Waals surface area contributed by atoms with Gasteiger partial charge in [-0.3, -0.25) is 4.79 Å². The van der Waals surface area contributed by atoms with E-state index in [1.807, 2.05) is 24.3 Å². The van der Waals surface area contributed by atoms with Crippen LogP contribution in [0.1, 0.15) is 44.3 Å². The fourth-order valence-corrected chi connectivity index (χ4v) is 3.55. The van der Waals surface area contributed by atoms with Crippen LogP contribution in [-0.4, -0.2) is 11.8 Å². The second-order valence-corrected chi connectivity index (χ2v) is 7.96. The van der Waals surface area contributed by atoms with Crippen LogP contribution >= 0.6 is 15.9 Å². The van der Waals surface area contributed by atoms with Crippen LogP contribution in [0.3, 0.4) is 0 Å². The fourth-order valence-electron chi connectivity index (χ4n) is 3.29. The number of Topliss-reactive ketones (excluding diaryl/α,β-unsaturated/α-hetero) is 1. The Bertz CT molecular complexity index is 1160. The molecule has 1 aliphatic rings. The summed E-state index contributed by atoms with van der Waals surface area (Å²) in [5, 5.41) is 0. The summed E-state index contributed by atoms with van der Waals surface area (Å²) < 4.78 is 12.2. The first-order valence-electron chi connectivity index (χ1n) is 9.60. The van der Waals surface area contributed by atoms with E-state index in [-0.39, 0.29) is 11.5 Å². The Morgan fingerprint density at radius 2 is 1.77 bits per heavy atom. The highest BCUT2D eigenvalue weighted by atomic mass is 79.9. The summed E-state index contributed by atoms with van der Waals surface area (Å²) in [7, 11) is 0. The summed E-state index contributed by atoms with van der Waals surface area (Å²) in [6.45, 7) is 3.90. The molecular weight excluding hydrogens is 444 g/mol. The molecule has 0 amide bonds. The minimum atomic E-state index is -0.474. The SMILES string of the molecule is CCc1ccc(/C=C2\Oc3cc(OC(=O)c4ccc(Br)cc4)cc(C)c3C2=O)cc1. The molecule has 0 saturated heterocycles. The highest BCUT2D eigenvalue weighted by Crippen LogP contribution is 2.37. The lowest BCUT2D eigenvalue weighted by atomic mass is 10.0. The zero-order chi connectivity index (χ0) is 21.3. The van der Waals surface area contributed by atoms with E-state index in [2.05, 4.69) is 22.9 Å². The van der Waals surface area contributed by atoms with Gasteiger partial charge in [0.2, 0.25) is 5.78 Å². The van der Waals surface area contributed by atoms with E-state index in [1.54, 1.807) is 49.4 Å². The molecule has 0 fully saturated rings. The third kappa shape index (κ3) is 4.07. The summed E-state index contributed by atoms with van der Waals surface area (Å²) in [6, 6.07) is 18.1. The average molecular weight is 463 g/mol. The van der Waals surface area contributed by atoms with Crippen molar-refractivity contribution in [3.63, 3.8) is 0 Å². The number of hydrogen-bond donors (Lipinski definition) is 0. The number of carbonyl (C=O) groups is 2. The van der Waals surface area contributed by atoms with Crippen molar-refractivity contribution in [3.05, 3.63) is 98.7 Å². The van der Waals surface area contributed by atoms with Gasteiger partial charge in [-0.05, 0) is 66.4 Å². The molecule has 30 heavy (non-hydrogen) atoms. The topological polar surface area (TPSA) is 52.6 Å². The first kappa shape index (κ1) is 20.1. The molecular formula is C25H19BrO4. The van der Waals surface area contributed by atoms with Gasteiger partial charge in [0.1, 0.15) is 11.5 Å². The molecule has 0 atom stereocenters. The summed E-state index contributed by atoms with van der Waals surface area (Å²) in [4.78, 5) is 25.2. The van der Waals surface area contributed by atoms with Gasteiger partial charge in [0, 0.05) is 10.5 Å². The Kier molecular flexibility index (Phi) is 5.55. The van der Waals surface area contributed by atoms with Crippen LogP contribution in [0.2, 0.25) is 0 Å². The van der Waals surface area contributed by atoms with Crippen LogP contribution in [-0.2, 0) is 6.42 Å². The highest BCUT2D eigenvalue weighted by molar-refractivity contribution is 9.10. The fraction of sp³-hybridized carbons (Fsp3) is 0.120. The third-order valence-electron chi connectivity index (χ3n) is 4.92. The highest BCUT2D eigenvalue weighted by Gasteiger charge is 2.30. The van der Waals surface area contributed by atoms with Crippen LogP contribution < -0.4 is 9.47 Å². The Balaban J connectivity index is 1.58. The van der Waals surface area contributed by atoms with Gasteiger partial charge in [0.05, 0.1) is 11.1 Å². The van der Waals surface area contributed by atoms with Gasteiger partial charge >= 0.3 is 5.97 Å². The van der Waals surface area contributed by atoms with Crippen molar-refractivity contribution in [3.8, 4) is 11.5 Å². The number of halogens is 1. The van der Waals surface area contributed by atoms with Crippen LogP contribution in [0.15, 0.2) is 70.9 Å². The van der Waals surface area contributed by atoms with Gasteiger partial charge in [0.15, 0.2) is 5.76 Å². The largest absolute Gasteiger partial charge is 0.452 e. The van der Waals surface area contributed by atoms with Crippen LogP contribution in [0.5, 0.6) is 11.5 Å². The van der Waals surface area contributed by atoms with Crippen molar-refractivity contribution in [2.45, 2.75) is 20.3 Å². The van der Waals surface area contributed by atoms with E-state index in [1.165, 1.54) is 5.56 Å². The van der Waals surface area contributed by atoms with Crippen LogP contribution in [0.25, 0.3) is 6.08 Å². The van der Waals surface area contributed by atoms with Gasteiger partial charge < -0.3 is 9.47 Å². The van der Waals surface area contributed by atoms with Crippen LogP contribution in [0, 0.1) is 6.92 Å². The molecule has 3 aromatic carbocycles. The third-order valence-corrected chi connectivity index (χ3v) is 5.45. The summed E-state index contributed by atoms with van der Waals surface area (Å²) >= 11 is 3.34. The van der Waals surface area contributed by atoms with E-state index < -0.39 is 5.97 Å². The number of rotatable bonds is 4. The summed E-state index contributed by atoms with van der Waals surface area (Å²) in [5.41, 5.74) is 3.75. The predicted molar refractivity (Wildman–Crippen MR) is 119 cm³/mol. The number of ketones is 1. The minimum absolute atomic E-state index is 0.173. The molecule has 0 unspecified atom stereocenters. The van der Waals surface area contributed by atoms with Crippen molar-refractivity contribution >= 4 is 33.8 Å². The Morgan fingerprint density at radius 3 is 2.43 bits per heavy atom. The zero-order valence-corrected chi connectivity index (χ0v) is 18.2. The molecule has 0 N–H and O–H groups in total.